The third-order valence-electron chi connectivity index (χ3n) is 4.69. The minimum Gasteiger partial charge on any atom is -0.481 e. The second-order valence-electron chi connectivity index (χ2n) is 7.04. The molecular weight excluding hydrogens is 378 g/mol. The molecule has 0 aliphatic heterocycles. The van der Waals surface area contributed by atoms with Crippen LogP contribution in [-0.2, 0) is 14.3 Å². The Balaban J connectivity index is 1.60. The number of para-hydroxylation sites is 2. The van der Waals surface area contributed by atoms with Crippen LogP contribution in [0.25, 0.3) is 11.1 Å². The molecule has 0 saturated carbocycles. The molecule has 5 heteroatoms. The van der Waals surface area contributed by atoms with Crippen molar-refractivity contribution < 1.29 is 19.1 Å². The summed E-state index contributed by atoms with van der Waals surface area (Å²) in [5.41, 5.74) is 4.41. The molecule has 0 aliphatic carbocycles. The molecule has 5 nitrogen and oxygen atoms in total. The van der Waals surface area contributed by atoms with Gasteiger partial charge in [0.05, 0.1) is 0 Å². The highest BCUT2D eigenvalue weighted by Crippen LogP contribution is 2.27. The number of carbonyl (C=O) groups is 2. The van der Waals surface area contributed by atoms with Crippen molar-refractivity contribution in [3.63, 3.8) is 0 Å². The van der Waals surface area contributed by atoms with E-state index in [-0.39, 0.29) is 6.61 Å². The lowest BCUT2D eigenvalue weighted by Gasteiger charge is -2.16. The number of aryl methyl sites for hydroxylation is 2. The molecule has 3 rings (SSSR count). The van der Waals surface area contributed by atoms with E-state index in [9.17, 15) is 9.59 Å². The Kier molecular flexibility index (Phi) is 6.86. The molecule has 0 bridgehead atoms. The van der Waals surface area contributed by atoms with Crippen LogP contribution in [0.15, 0.2) is 72.8 Å². The van der Waals surface area contributed by atoms with Gasteiger partial charge in [-0.1, -0.05) is 66.7 Å². The molecule has 1 amide bonds. The van der Waals surface area contributed by atoms with Crippen LogP contribution in [0.3, 0.4) is 0 Å². The lowest BCUT2D eigenvalue weighted by molar-refractivity contribution is -0.155. The maximum Gasteiger partial charge on any atom is 0.344 e. The molecule has 3 aromatic rings. The van der Waals surface area contributed by atoms with Gasteiger partial charge in [-0.15, -0.1) is 0 Å². The SMILES string of the molecule is Cc1cccc(C)c1OCC(=O)O[C@H](C)C(=O)Nc1ccccc1-c1ccccc1. The molecule has 30 heavy (non-hydrogen) atoms. The summed E-state index contributed by atoms with van der Waals surface area (Å²) in [7, 11) is 0. The molecule has 0 fully saturated rings. The van der Waals surface area contributed by atoms with Crippen molar-refractivity contribution in [2.75, 3.05) is 11.9 Å². The zero-order valence-corrected chi connectivity index (χ0v) is 17.3. The van der Waals surface area contributed by atoms with E-state index in [2.05, 4.69) is 5.32 Å². The van der Waals surface area contributed by atoms with Gasteiger partial charge in [-0.05, 0) is 43.5 Å². The highest BCUT2D eigenvalue weighted by atomic mass is 16.6. The molecule has 0 unspecified atom stereocenters. The fourth-order valence-electron chi connectivity index (χ4n) is 3.14. The van der Waals surface area contributed by atoms with Crippen LogP contribution < -0.4 is 10.1 Å². The van der Waals surface area contributed by atoms with Crippen LogP contribution in [0.4, 0.5) is 5.69 Å². The number of rotatable bonds is 7. The average Bonchev–Trinajstić information content (AvgIpc) is 2.74. The Morgan fingerprint density at radius 2 is 1.50 bits per heavy atom. The number of carbonyl (C=O) groups excluding carboxylic acids is 2. The Hall–Kier alpha value is -3.60. The molecule has 0 heterocycles. The first-order valence-corrected chi connectivity index (χ1v) is 9.79. The van der Waals surface area contributed by atoms with Gasteiger partial charge in [0.1, 0.15) is 5.75 Å². The largest absolute Gasteiger partial charge is 0.481 e. The van der Waals surface area contributed by atoms with Gasteiger partial charge >= 0.3 is 5.97 Å². The molecule has 0 radical (unpaired) electrons. The number of nitrogens with one attached hydrogen (secondary N) is 1. The second-order valence-corrected chi connectivity index (χ2v) is 7.04. The van der Waals surface area contributed by atoms with Crippen LogP contribution in [0.2, 0.25) is 0 Å². The Bertz CT molecular complexity index is 1010. The van der Waals surface area contributed by atoms with Crippen LogP contribution in [-0.4, -0.2) is 24.6 Å². The lowest BCUT2D eigenvalue weighted by atomic mass is 10.0. The van der Waals surface area contributed by atoms with E-state index in [4.69, 9.17) is 9.47 Å². The molecule has 0 spiro atoms. The zero-order chi connectivity index (χ0) is 21.5. The van der Waals surface area contributed by atoms with Gasteiger partial charge in [0.15, 0.2) is 12.7 Å². The number of anilines is 1. The first-order valence-electron chi connectivity index (χ1n) is 9.79. The maximum absolute atomic E-state index is 12.6. The van der Waals surface area contributed by atoms with Gasteiger partial charge in [0.2, 0.25) is 0 Å². The zero-order valence-electron chi connectivity index (χ0n) is 17.3. The summed E-state index contributed by atoms with van der Waals surface area (Å²) < 4.78 is 10.9. The second kappa shape index (κ2) is 9.74. The predicted molar refractivity (Wildman–Crippen MR) is 117 cm³/mol. The third kappa shape index (κ3) is 5.26. The van der Waals surface area contributed by atoms with Crippen molar-refractivity contribution in [3.05, 3.63) is 83.9 Å². The van der Waals surface area contributed by atoms with E-state index in [0.717, 1.165) is 22.3 Å². The Morgan fingerprint density at radius 3 is 2.20 bits per heavy atom. The first kappa shape index (κ1) is 21.1. The van der Waals surface area contributed by atoms with Gasteiger partial charge in [-0.2, -0.15) is 0 Å². The minimum atomic E-state index is -0.956. The fourth-order valence-corrected chi connectivity index (χ4v) is 3.14. The van der Waals surface area contributed by atoms with Crippen LogP contribution in [0, 0.1) is 13.8 Å². The molecule has 0 aromatic heterocycles. The summed E-state index contributed by atoms with van der Waals surface area (Å²) in [5.74, 6) is -0.348. The molecule has 0 saturated heterocycles. The Morgan fingerprint density at radius 1 is 0.867 bits per heavy atom. The van der Waals surface area contributed by atoms with E-state index >= 15 is 0 Å². The van der Waals surface area contributed by atoms with Gasteiger partial charge in [-0.25, -0.2) is 4.79 Å². The van der Waals surface area contributed by atoms with Gasteiger partial charge in [-0.3, -0.25) is 4.79 Å². The van der Waals surface area contributed by atoms with Crippen LogP contribution >= 0.6 is 0 Å². The van der Waals surface area contributed by atoms with Crippen LogP contribution in [0.1, 0.15) is 18.1 Å². The molecule has 1 N–H and O–H groups in total. The number of ether oxygens (including phenoxy) is 2. The van der Waals surface area contributed by atoms with E-state index in [1.807, 2.05) is 86.6 Å². The van der Waals surface area contributed by atoms with E-state index in [1.165, 1.54) is 6.92 Å². The highest BCUT2D eigenvalue weighted by molar-refractivity contribution is 5.98. The van der Waals surface area contributed by atoms with Crippen molar-refractivity contribution in [2.45, 2.75) is 26.9 Å². The molecule has 3 aromatic carbocycles. The number of esters is 1. The molecular formula is C25H25NO4. The lowest BCUT2D eigenvalue weighted by Crippen LogP contribution is -2.31. The van der Waals surface area contributed by atoms with Crippen molar-refractivity contribution in [1.29, 1.82) is 0 Å². The molecule has 0 aliphatic rings. The fraction of sp³-hybridized carbons (Fsp3) is 0.200. The predicted octanol–water partition coefficient (Wildman–Crippen LogP) is 4.92. The summed E-state index contributed by atoms with van der Waals surface area (Å²) in [6.07, 6.45) is -0.956. The van der Waals surface area contributed by atoms with Crippen molar-refractivity contribution >= 4 is 17.6 Å². The normalized spacial score (nSPS) is 11.4. The molecule has 154 valence electrons. The highest BCUT2D eigenvalue weighted by Gasteiger charge is 2.20. The molecule has 1 atom stereocenters. The quantitative estimate of drug-likeness (QED) is 0.569. The third-order valence-corrected chi connectivity index (χ3v) is 4.69. The van der Waals surface area contributed by atoms with Crippen molar-refractivity contribution in [1.82, 2.24) is 0 Å². The number of hydrogen-bond acceptors (Lipinski definition) is 4. The summed E-state index contributed by atoms with van der Waals surface area (Å²) in [5, 5.41) is 2.85. The summed E-state index contributed by atoms with van der Waals surface area (Å²) >= 11 is 0. The average molecular weight is 403 g/mol. The minimum absolute atomic E-state index is 0.260. The first-order chi connectivity index (χ1) is 14.5. The standard InChI is InChI=1S/C25H25NO4/c1-17-10-9-11-18(2)24(17)29-16-23(27)30-19(3)25(28)26-22-15-8-7-14-21(22)20-12-5-4-6-13-20/h4-15,19H,16H2,1-3H3,(H,26,28)/t19-/m1/s1. The van der Waals surface area contributed by atoms with Crippen molar-refractivity contribution in [3.8, 4) is 16.9 Å². The van der Waals surface area contributed by atoms with Gasteiger partial charge in [0.25, 0.3) is 5.91 Å². The summed E-state index contributed by atoms with van der Waals surface area (Å²) in [4.78, 5) is 24.8. The number of benzene rings is 3. The van der Waals surface area contributed by atoms with E-state index in [1.54, 1.807) is 0 Å². The van der Waals surface area contributed by atoms with Gasteiger partial charge < -0.3 is 14.8 Å². The van der Waals surface area contributed by atoms with Crippen molar-refractivity contribution in [2.24, 2.45) is 0 Å². The summed E-state index contributed by atoms with van der Waals surface area (Å²) in [6.45, 7) is 5.10. The number of hydrogen-bond donors (Lipinski definition) is 1. The number of amides is 1. The maximum atomic E-state index is 12.6. The Labute approximate surface area is 176 Å². The van der Waals surface area contributed by atoms with Crippen LogP contribution in [0.5, 0.6) is 5.75 Å². The smallest absolute Gasteiger partial charge is 0.344 e. The summed E-state index contributed by atoms with van der Waals surface area (Å²) in [6, 6.07) is 23.0. The van der Waals surface area contributed by atoms with E-state index in [0.29, 0.717) is 11.4 Å². The topological polar surface area (TPSA) is 64.6 Å². The van der Waals surface area contributed by atoms with E-state index < -0.39 is 18.0 Å². The monoisotopic (exact) mass is 403 g/mol. The van der Waals surface area contributed by atoms with Gasteiger partial charge in [0, 0.05) is 11.3 Å².